The Balaban J connectivity index is 1.39. The van der Waals surface area contributed by atoms with Crippen LogP contribution in [0.5, 0.6) is 5.75 Å². The first-order valence-corrected chi connectivity index (χ1v) is 12.9. The summed E-state index contributed by atoms with van der Waals surface area (Å²) in [4.78, 5) is 12.7. The monoisotopic (exact) mass is 523 g/mol. The summed E-state index contributed by atoms with van der Waals surface area (Å²) in [5, 5.41) is 13.2. The summed E-state index contributed by atoms with van der Waals surface area (Å²) >= 11 is 5.95. The third kappa shape index (κ3) is 6.94. The van der Waals surface area contributed by atoms with Gasteiger partial charge in [-0.2, -0.15) is 5.26 Å². The SMILES string of the molecule is Cc1cc(/C=C(/C#N)C(=O)NCCCc2ccccc2)c(C)n1-c1ccc(OCc2ccc(Cl)cc2)cc1. The number of amides is 1. The maximum atomic E-state index is 12.7. The zero-order valence-electron chi connectivity index (χ0n) is 21.6. The molecule has 0 aliphatic heterocycles. The van der Waals surface area contributed by atoms with Gasteiger partial charge in [-0.1, -0.05) is 54.1 Å². The van der Waals surface area contributed by atoms with E-state index in [1.807, 2.05) is 86.6 Å². The van der Waals surface area contributed by atoms with Gasteiger partial charge in [0.05, 0.1) is 0 Å². The van der Waals surface area contributed by atoms with Gasteiger partial charge in [-0.05, 0) is 91.9 Å². The van der Waals surface area contributed by atoms with Crippen LogP contribution in [0, 0.1) is 25.2 Å². The molecule has 0 radical (unpaired) electrons. The smallest absolute Gasteiger partial charge is 0.261 e. The molecule has 0 saturated heterocycles. The molecule has 0 aliphatic carbocycles. The number of nitrogens with one attached hydrogen (secondary N) is 1. The topological polar surface area (TPSA) is 67.0 Å². The molecule has 0 bridgehead atoms. The molecule has 0 unspecified atom stereocenters. The standard InChI is InChI=1S/C32H30ClN3O2/c1-23-19-27(20-28(21-34)32(37)35-18-6-9-25-7-4-3-5-8-25)24(2)36(23)30-14-16-31(17-15-30)38-22-26-10-12-29(33)13-11-26/h3-5,7-8,10-17,19-20H,6,9,18,22H2,1-2H3,(H,35,37)/b28-20-. The van der Waals surface area contributed by atoms with Gasteiger partial charge < -0.3 is 14.6 Å². The fraction of sp³-hybridized carbons (Fsp3) is 0.188. The Morgan fingerprint density at radius 3 is 2.39 bits per heavy atom. The quantitative estimate of drug-likeness (QED) is 0.138. The number of carbonyl (C=O) groups excluding carboxylic acids is 1. The van der Waals surface area contributed by atoms with Crippen molar-refractivity contribution in [2.45, 2.75) is 33.3 Å². The first kappa shape index (κ1) is 26.8. The van der Waals surface area contributed by atoms with Gasteiger partial charge in [-0.25, -0.2) is 0 Å². The number of hydrogen-bond acceptors (Lipinski definition) is 3. The van der Waals surface area contributed by atoms with Crippen molar-refractivity contribution in [3.8, 4) is 17.5 Å². The molecule has 6 heteroatoms. The maximum Gasteiger partial charge on any atom is 0.261 e. The van der Waals surface area contributed by atoms with Crippen LogP contribution in [0.4, 0.5) is 0 Å². The van der Waals surface area contributed by atoms with Gasteiger partial charge in [0.1, 0.15) is 24.0 Å². The van der Waals surface area contributed by atoms with Gasteiger partial charge in [0.25, 0.3) is 5.91 Å². The minimum atomic E-state index is -0.354. The van der Waals surface area contributed by atoms with Crippen molar-refractivity contribution in [3.63, 3.8) is 0 Å². The summed E-state index contributed by atoms with van der Waals surface area (Å²) in [6.07, 6.45) is 3.34. The van der Waals surface area contributed by atoms with Gasteiger partial charge in [-0.3, -0.25) is 4.79 Å². The molecule has 1 N–H and O–H groups in total. The average Bonchev–Trinajstić information content (AvgIpc) is 3.22. The third-order valence-corrected chi connectivity index (χ3v) is 6.57. The molecular formula is C32H30ClN3O2. The Kier molecular flexibility index (Phi) is 9.02. The van der Waals surface area contributed by atoms with Crippen molar-refractivity contribution >= 4 is 23.6 Å². The van der Waals surface area contributed by atoms with Crippen LogP contribution in [-0.4, -0.2) is 17.0 Å². The highest BCUT2D eigenvalue weighted by molar-refractivity contribution is 6.30. The minimum absolute atomic E-state index is 0.0934. The van der Waals surface area contributed by atoms with Crippen molar-refractivity contribution in [3.05, 3.63) is 124 Å². The Morgan fingerprint density at radius 2 is 1.71 bits per heavy atom. The second-order valence-electron chi connectivity index (χ2n) is 9.09. The first-order chi connectivity index (χ1) is 18.4. The van der Waals surface area contributed by atoms with Crippen LogP contribution < -0.4 is 10.1 Å². The van der Waals surface area contributed by atoms with Crippen molar-refractivity contribution in [1.29, 1.82) is 5.26 Å². The number of aromatic nitrogens is 1. The maximum absolute atomic E-state index is 12.7. The van der Waals surface area contributed by atoms with Gasteiger partial charge in [-0.15, -0.1) is 0 Å². The molecule has 0 saturated carbocycles. The van der Waals surface area contributed by atoms with Crippen LogP contribution in [0.15, 0.2) is 90.5 Å². The molecule has 192 valence electrons. The van der Waals surface area contributed by atoms with E-state index in [0.29, 0.717) is 18.2 Å². The molecule has 3 aromatic carbocycles. The van der Waals surface area contributed by atoms with E-state index in [1.54, 1.807) is 6.08 Å². The Labute approximate surface area is 229 Å². The Bertz CT molecular complexity index is 1450. The Morgan fingerprint density at radius 1 is 1.00 bits per heavy atom. The van der Waals surface area contributed by atoms with Crippen molar-refractivity contribution in [1.82, 2.24) is 9.88 Å². The molecule has 1 heterocycles. The molecule has 4 aromatic rings. The number of ether oxygens (including phenoxy) is 1. The number of nitriles is 1. The van der Waals surface area contributed by atoms with E-state index < -0.39 is 0 Å². The van der Waals surface area contributed by atoms with Gasteiger partial charge >= 0.3 is 0 Å². The molecule has 0 spiro atoms. The van der Waals surface area contributed by atoms with Gasteiger partial charge in [0, 0.05) is 28.6 Å². The van der Waals surface area contributed by atoms with Crippen molar-refractivity contribution in [2.24, 2.45) is 0 Å². The highest BCUT2D eigenvalue weighted by Gasteiger charge is 2.14. The van der Waals surface area contributed by atoms with Gasteiger partial charge in [0.15, 0.2) is 0 Å². The fourth-order valence-electron chi connectivity index (χ4n) is 4.31. The summed E-state index contributed by atoms with van der Waals surface area (Å²) in [5.41, 5.74) is 6.12. The van der Waals surface area contributed by atoms with E-state index in [2.05, 4.69) is 28.1 Å². The number of carbonyl (C=O) groups is 1. The van der Waals surface area contributed by atoms with E-state index in [-0.39, 0.29) is 11.5 Å². The van der Waals surface area contributed by atoms with Crippen LogP contribution in [-0.2, 0) is 17.8 Å². The zero-order valence-corrected chi connectivity index (χ0v) is 22.3. The molecule has 4 rings (SSSR count). The first-order valence-electron chi connectivity index (χ1n) is 12.5. The lowest BCUT2D eigenvalue weighted by atomic mass is 10.1. The van der Waals surface area contributed by atoms with E-state index >= 15 is 0 Å². The number of hydrogen-bond donors (Lipinski definition) is 1. The lowest BCUT2D eigenvalue weighted by Gasteiger charge is -2.12. The lowest BCUT2D eigenvalue weighted by Crippen LogP contribution is -2.25. The minimum Gasteiger partial charge on any atom is -0.489 e. The number of halogens is 1. The number of rotatable bonds is 10. The second kappa shape index (κ2) is 12.8. The molecule has 0 atom stereocenters. The van der Waals surface area contributed by atoms with Crippen LogP contribution in [0.2, 0.25) is 5.02 Å². The van der Waals surface area contributed by atoms with E-state index in [9.17, 15) is 10.1 Å². The molecular weight excluding hydrogens is 494 g/mol. The third-order valence-electron chi connectivity index (χ3n) is 6.32. The number of benzene rings is 3. The van der Waals surface area contributed by atoms with E-state index in [1.165, 1.54) is 5.56 Å². The average molecular weight is 524 g/mol. The van der Waals surface area contributed by atoms with Crippen LogP contribution >= 0.6 is 11.6 Å². The number of nitrogens with zero attached hydrogens (tertiary/aromatic N) is 2. The zero-order chi connectivity index (χ0) is 26.9. The molecule has 0 fully saturated rings. The van der Waals surface area contributed by atoms with Crippen LogP contribution in [0.25, 0.3) is 11.8 Å². The van der Waals surface area contributed by atoms with Crippen LogP contribution in [0.1, 0.15) is 34.5 Å². The molecule has 38 heavy (non-hydrogen) atoms. The van der Waals surface area contributed by atoms with E-state index in [4.69, 9.17) is 16.3 Å². The largest absolute Gasteiger partial charge is 0.489 e. The molecule has 1 amide bonds. The fourth-order valence-corrected chi connectivity index (χ4v) is 4.43. The highest BCUT2D eigenvalue weighted by Crippen LogP contribution is 2.25. The lowest BCUT2D eigenvalue weighted by molar-refractivity contribution is -0.117. The second-order valence-corrected chi connectivity index (χ2v) is 9.52. The predicted molar refractivity (Wildman–Crippen MR) is 152 cm³/mol. The van der Waals surface area contributed by atoms with Crippen molar-refractivity contribution in [2.75, 3.05) is 6.54 Å². The molecule has 0 aliphatic rings. The summed E-state index contributed by atoms with van der Waals surface area (Å²) in [6.45, 7) is 4.96. The predicted octanol–water partition coefficient (Wildman–Crippen LogP) is 6.98. The molecule has 1 aromatic heterocycles. The Hall–Kier alpha value is -4.27. The number of aryl methyl sites for hydroxylation is 2. The van der Waals surface area contributed by atoms with Gasteiger partial charge in [0.2, 0.25) is 0 Å². The van der Waals surface area contributed by atoms with Crippen LogP contribution in [0.3, 0.4) is 0 Å². The van der Waals surface area contributed by atoms with E-state index in [0.717, 1.165) is 46.8 Å². The summed E-state index contributed by atoms with van der Waals surface area (Å²) in [7, 11) is 0. The summed E-state index contributed by atoms with van der Waals surface area (Å²) in [6, 6.07) is 29.6. The van der Waals surface area contributed by atoms with Crippen molar-refractivity contribution < 1.29 is 9.53 Å². The summed E-state index contributed by atoms with van der Waals surface area (Å²) < 4.78 is 8.00. The summed E-state index contributed by atoms with van der Waals surface area (Å²) in [5.74, 6) is 0.412. The molecule has 5 nitrogen and oxygen atoms in total. The highest BCUT2D eigenvalue weighted by atomic mass is 35.5. The normalized spacial score (nSPS) is 11.2.